The summed E-state index contributed by atoms with van der Waals surface area (Å²) in [5, 5.41) is 12.8. The SMILES string of the molecule is Cc1cccc(C(=O)NNC(=S)NC(=O)c2ccc([N+](=O)[O-])cc2)c1. The van der Waals surface area contributed by atoms with E-state index in [1.165, 1.54) is 24.3 Å². The largest absolute Gasteiger partial charge is 0.298 e. The number of hydrogen-bond acceptors (Lipinski definition) is 5. The standard InChI is InChI=1S/C16H14N4O4S/c1-10-3-2-4-12(9-10)15(22)18-19-16(25)17-14(21)11-5-7-13(8-6-11)20(23)24/h2-9H,1H3,(H,18,22)(H2,17,19,21,25). The molecule has 0 heterocycles. The first-order chi connectivity index (χ1) is 11.9. The van der Waals surface area contributed by atoms with E-state index >= 15 is 0 Å². The average Bonchev–Trinajstić information content (AvgIpc) is 2.59. The van der Waals surface area contributed by atoms with Gasteiger partial charge in [-0.25, -0.2) is 0 Å². The van der Waals surface area contributed by atoms with E-state index in [9.17, 15) is 19.7 Å². The Morgan fingerprint density at radius 3 is 2.28 bits per heavy atom. The lowest BCUT2D eigenvalue weighted by Gasteiger charge is -2.11. The summed E-state index contributed by atoms with van der Waals surface area (Å²) in [6.07, 6.45) is 0. The molecule has 0 aliphatic heterocycles. The van der Waals surface area contributed by atoms with Gasteiger partial charge >= 0.3 is 0 Å². The number of non-ortho nitro benzene ring substituents is 1. The quantitative estimate of drug-likeness (QED) is 0.438. The van der Waals surface area contributed by atoms with Crippen LogP contribution in [0.15, 0.2) is 48.5 Å². The summed E-state index contributed by atoms with van der Waals surface area (Å²) < 4.78 is 0. The molecule has 25 heavy (non-hydrogen) atoms. The lowest BCUT2D eigenvalue weighted by Crippen LogP contribution is -2.48. The van der Waals surface area contributed by atoms with Crippen molar-refractivity contribution in [3.8, 4) is 0 Å². The predicted molar refractivity (Wildman–Crippen MR) is 94.9 cm³/mol. The van der Waals surface area contributed by atoms with Crippen LogP contribution in [-0.4, -0.2) is 21.9 Å². The summed E-state index contributed by atoms with van der Waals surface area (Å²) in [6, 6.07) is 12.0. The zero-order valence-electron chi connectivity index (χ0n) is 13.1. The third kappa shape index (κ3) is 5.08. The van der Waals surface area contributed by atoms with Crippen LogP contribution in [0.1, 0.15) is 26.3 Å². The number of benzene rings is 2. The molecule has 9 heteroatoms. The molecule has 3 N–H and O–H groups in total. The van der Waals surface area contributed by atoms with Gasteiger partial charge in [0.2, 0.25) is 0 Å². The van der Waals surface area contributed by atoms with Crippen LogP contribution in [0.25, 0.3) is 0 Å². The third-order valence-electron chi connectivity index (χ3n) is 3.14. The van der Waals surface area contributed by atoms with Gasteiger partial charge in [0.15, 0.2) is 5.11 Å². The molecule has 0 bridgehead atoms. The van der Waals surface area contributed by atoms with Crippen LogP contribution in [0.2, 0.25) is 0 Å². The number of nitrogens with zero attached hydrogens (tertiary/aromatic N) is 1. The Morgan fingerprint density at radius 1 is 1.00 bits per heavy atom. The highest BCUT2D eigenvalue weighted by Gasteiger charge is 2.11. The van der Waals surface area contributed by atoms with Crippen LogP contribution < -0.4 is 16.2 Å². The highest BCUT2D eigenvalue weighted by Crippen LogP contribution is 2.11. The van der Waals surface area contributed by atoms with Crippen LogP contribution in [-0.2, 0) is 0 Å². The summed E-state index contributed by atoms with van der Waals surface area (Å²) in [5.41, 5.74) is 6.24. The monoisotopic (exact) mass is 358 g/mol. The van der Waals surface area contributed by atoms with E-state index in [0.717, 1.165) is 5.56 Å². The van der Waals surface area contributed by atoms with Gasteiger partial charge in [-0.05, 0) is 43.4 Å². The second-order valence-corrected chi connectivity index (χ2v) is 5.44. The predicted octanol–water partition coefficient (Wildman–Crippen LogP) is 1.85. The Labute approximate surface area is 148 Å². The number of nitro groups is 1. The maximum Gasteiger partial charge on any atom is 0.269 e. The Hall–Kier alpha value is -3.33. The number of hydrogen-bond donors (Lipinski definition) is 3. The first-order valence-corrected chi connectivity index (χ1v) is 7.50. The van der Waals surface area contributed by atoms with Crippen molar-refractivity contribution in [2.45, 2.75) is 6.92 Å². The number of amides is 2. The molecule has 0 atom stereocenters. The first-order valence-electron chi connectivity index (χ1n) is 7.09. The number of aryl methyl sites for hydroxylation is 1. The van der Waals surface area contributed by atoms with Crippen LogP contribution in [0.4, 0.5) is 5.69 Å². The zero-order chi connectivity index (χ0) is 18.4. The van der Waals surface area contributed by atoms with E-state index in [0.29, 0.717) is 5.56 Å². The molecule has 0 fully saturated rings. The van der Waals surface area contributed by atoms with Crippen molar-refractivity contribution in [3.05, 3.63) is 75.3 Å². The third-order valence-corrected chi connectivity index (χ3v) is 3.34. The van der Waals surface area contributed by atoms with Crippen LogP contribution in [0, 0.1) is 17.0 Å². The maximum absolute atomic E-state index is 12.0. The zero-order valence-corrected chi connectivity index (χ0v) is 13.9. The molecule has 0 aromatic heterocycles. The molecule has 0 aliphatic rings. The number of thiocarbonyl (C=S) groups is 1. The lowest BCUT2D eigenvalue weighted by molar-refractivity contribution is -0.384. The molecule has 2 aromatic rings. The van der Waals surface area contributed by atoms with Gasteiger partial charge in [0.05, 0.1) is 4.92 Å². The minimum atomic E-state index is -0.561. The fourth-order valence-electron chi connectivity index (χ4n) is 1.91. The van der Waals surface area contributed by atoms with Gasteiger partial charge in [-0.2, -0.15) is 0 Å². The van der Waals surface area contributed by atoms with Crippen molar-refractivity contribution in [2.24, 2.45) is 0 Å². The summed E-state index contributed by atoms with van der Waals surface area (Å²) >= 11 is 4.93. The summed E-state index contributed by atoms with van der Waals surface area (Å²) in [6.45, 7) is 1.86. The van der Waals surface area contributed by atoms with Crippen molar-refractivity contribution in [2.75, 3.05) is 0 Å². The second kappa shape index (κ2) is 7.97. The van der Waals surface area contributed by atoms with Gasteiger partial charge in [0, 0.05) is 23.3 Å². The number of nitro benzene ring substituents is 1. The Balaban J connectivity index is 1.88. The molecular weight excluding hydrogens is 344 g/mol. The minimum Gasteiger partial charge on any atom is -0.298 e. The van der Waals surface area contributed by atoms with E-state index in [1.807, 2.05) is 13.0 Å². The molecule has 0 unspecified atom stereocenters. The first kappa shape index (κ1) is 18.0. The minimum absolute atomic E-state index is 0.107. The average molecular weight is 358 g/mol. The number of rotatable bonds is 3. The smallest absolute Gasteiger partial charge is 0.269 e. The summed E-state index contributed by atoms with van der Waals surface area (Å²) in [4.78, 5) is 33.9. The van der Waals surface area contributed by atoms with Crippen molar-refractivity contribution in [3.63, 3.8) is 0 Å². The highest BCUT2D eigenvalue weighted by molar-refractivity contribution is 7.80. The van der Waals surface area contributed by atoms with Crippen LogP contribution in [0.5, 0.6) is 0 Å². The Morgan fingerprint density at radius 2 is 1.68 bits per heavy atom. The van der Waals surface area contributed by atoms with E-state index < -0.39 is 16.7 Å². The van der Waals surface area contributed by atoms with Gasteiger partial charge in [0.25, 0.3) is 17.5 Å². The molecule has 0 radical (unpaired) electrons. The number of hydrazine groups is 1. The molecular formula is C16H14N4O4S. The fraction of sp³-hybridized carbons (Fsp3) is 0.0625. The second-order valence-electron chi connectivity index (χ2n) is 5.04. The van der Waals surface area contributed by atoms with Crippen molar-refractivity contribution in [1.29, 1.82) is 0 Å². The molecule has 128 valence electrons. The van der Waals surface area contributed by atoms with Crippen molar-refractivity contribution >= 4 is 34.8 Å². The molecule has 0 spiro atoms. The van der Waals surface area contributed by atoms with E-state index in [1.54, 1.807) is 18.2 Å². The molecule has 0 saturated heterocycles. The van der Waals surface area contributed by atoms with Crippen LogP contribution >= 0.6 is 12.2 Å². The Kier molecular flexibility index (Phi) is 5.75. The maximum atomic E-state index is 12.0. The number of carbonyl (C=O) groups is 2. The van der Waals surface area contributed by atoms with Gasteiger partial charge in [-0.15, -0.1) is 0 Å². The Bertz CT molecular complexity index is 836. The highest BCUT2D eigenvalue weighted by atomic mass is 32.1. The van der Waals surface area contributed by atoms with Crippen molar-refractivity contribution in [1.82, 2.24) is 16.2 Å². The van der Waals surface area contributed by atoms with E-state index in [2.05, 4.69) is 16.2 Å². The molecule has 2 rings (SSSR count). The normalized spacial score (nSPS) is 9.80. The molecule has 0 aliphatic carbocycles. The van der Waals surface area contributed by atoms with Gasteiger partial charge in [-0.3, -0.25) is 35.9 Å². The van der Waals surface area contributed by atoms with Crippen molar-refractivity contribution < 1.29 is 14.5 Å². The molecule has 2 amide bonds. The van der Waals surface area contributed by atoms with Gasteiger partial charge in [0.1, 0.15) is 0 Å². The van der Waals surface area contributed by atoms with E-state index in [-0.39, 0.29) is 16.4 Å². The molecule has 8 nitrogen and oxygen atoms in total. The van der Waals surface area contributed by atoms with E-state index in [4.69, 9.17) is 12.2 Å². The number of nitrogens with one attached hydrogen (secondary N) is 3. The van der Waals surface area contributed by atoms with Gasteiger partial charge in [-0.1, -0.05) is 17.7 Å². The van der Waals surface area contributed by atoms with Gasteiger partial charge < -0.3 is 0 Å². The fourth-order valence-corrected chi connectivity index (χ4v) is 2.06. The summed E-state index contributed by atoms with van der Waals surface area (Å²) in [5.74, 6) is -0.965. The van der Waals surface area contributed by atoms with Crippen LogP contribution in [0.3, 0.4) is 0 Å². The summed E-state index contributed by atoms with van der Waals surface area (Å²) in [7, 11) is 0. The topological polar surface area (TPSA) is 113 Å². The molecule has 2 aromatic carbocycles. The molecule has 0 saturated carbocycles. The number of carbonyl (C=O) groups excluding carboxylic acids is 2. The lowest BCUT2D eigenvalue weighted by atomic mass is 10.1.